The lowest BCUT2D eigenvalue weighted by Gasteiger charge is -2.13. The van der Waals surface area contributed by atoms with Crippen molar-refractivity contribution in [1.29, 1.82) is 0 Å². The number of nitrogens with zero attached hydrogens (tertiary/aromatic N) is 1. The second kappa shape index (κ2) is 5.22. The largest absolute Gasteiger partial charge is 0.469 e. The molecule has 0 unspecified atom stereocenters. The molecule has 0 aromatic heterocycles. The van der Waals surface area contributed by atoms with E-state index in [0.29, 0.717) is 11.1 Å². The molecule has 0 aliphatic carbocycles. The van der Waals surface area contributed by atoms with Crippen molar-refractivity contribution in [1.82, 2.24) is 4.90 Å². The molecular weight excluding hydrogens is 273 g/mol. The minimum absolute atomic E-state index is 0.0619. The minimum Gasteiger partial charge on any atom is -0.303 e. The van der Waals surface area contributed by atoms with E-state index in [2.05, 4.69) is 4.52 Å². The summed E-state index contributed by atoms with van der Waals surface area (Å²) in [5, 5.41) is 0. The zero-order chi connectivity index (χ0) is 14.0. The van der Waals surface area contributed by atoms with E-state index in [1.807, 2.05) is 0 Å². The summed E-state index contributed by atoms with van der Waals surface area (Å²) in [4.78, 5) is 41.9. The number of phosphoric acid groups is 1. The maximum absolute atomic E-state index is 11.9. The monoisotopic (exact) mass is 285 g/mol. The van der Waals surface area contributed by atoms with E-state index in [4.69, 9.17) is 9.79 Å². The van der Waals surface area contributed by atoms with Crippen LogP contribution in [0.1, 0.15) is 27.1 Å². The van der Waals surface area contributed by atoms with Crippen LogP contribution in [0, 0.1) is 0 Å². The van der Waals surface area contributed by atoms with Crippen LogP contribution in [0.2, 0.25) is 0 Å². The Hall–Kier alpha value is -1.53. The van der Waals surface area contributed by atoms with Gasteiger partial charge in [0.15, 0.2) is 0 Å². The van der Waals surface area contributed by atoms with Gasteiger partial charge in [-0.15, -0.1) is 0 Å². The number of fused-ring (bicyclic) bond motifs is 1. The van der Waals surface area contributed by atoms with E-state index < -0.39 is 19.6 Å². The van der Waals surface area contributed by atoms with Gasteiger partial charge in [-0.25, -0.2) is 4.57 Å². The quantitative estimate of drug-likeness (QED) is 0.470. The summed E-state index contributed by atoms with van der Waals surface area (Å²) in [6.45, 7) is -0.163. The third-order valence-corrected chi connectivity index (χ3v) is 3.18. The fourth-order valence-electron chi connectivity index (χ4n) is 1.85. The van der Waals surface area contributed by atoms with Crippen LogP contribution in [0.25, 0.3) is 0 Å². The number of carbonyl (C=O) groups is 2. The first-order valence-electron chi connectivity index (χ1n) is 5.55. The highest BCUT2D eigenvalue weighted by molar-refractivity contribution is 7.46. The Kier molecular flexibility index (Phi) is 3.82. The summed E-state index contributed by atoms with van der Waals surface area (Å²) < 4.78 is 14.7. The van der Waals surface area contributed by atoms with Gasteiger partial charge < -0.3 is 9.79 Å². The van der Waals surface area contributed by atoms with Crippen molar-refractivity contribution in [2.75, 3.05) is 13.2 Å². The van der Waals surface area contributed by atoms with Gasteiger partial charge in [0.1, 0.15) is 0 Å². The topological polar surface area (TPSA) is 104 Å². The number of hydrogen-bond acceptors (Lipinski definition) is 4. The van der Waals surface area contributed by atoms with Crippen molar-refractivity contribution in [2.24, 2.45) is 0 Å². The molecule has 8 heteroatoms. The van der Waals surface area contributed by atoms with Gasteiger partial charge in [0.25, 0.3) is 11.8 Å². The lowest BCUT2D eigenvalue weighted by atomic mass is 10.1. The Labute approximate surface area is 109 Å². The minimum atomic E-state index is -4.50. The number of carbonyl (C=O) groups excluding carboxylic acids is 2. The Morgan fingerprint density at radius 3 is 2.11 bits per heavy atom. The Bertz CT molecular complexity index is 531. The van der Waals surface area contributed by atoms with Crippen LogP contribution < -0.4 is 0 Å². The number of amides is 2. The van der Waals surface area contributed by atoms with Crippen molar-refractivity contribution in [3.05, 3.63) is 35.4 Å². The summed E-state index contributed by atoms with van der Waals surface area (Å²) in [7, 11) is -4.50. The lowest BCUT2D eigenvalue weighted by Crippen LogP contribution is -2.31. The molecule has 0 saturated heterocycles. The fraction of sp³-hybridized carbons (Fsp3) is 0.273. The van der Waals surface area contributed by atoms with Crippen LogP contribution >= 0.6 is 7.82 Å². The average molecular weight is 285 g/mol. The molecule has 2 rings (SSSR count). The van der Waals surface area contributed by atoms with Gasteiger partial charge in [-0.1, -0.05) is 12.1 Å². The predicted octanol–water partition coefficient (Wildman–Crippen LogP) is 0.782. The molecule has 0 radical (unpaired) electrons. The van der Waals surface area contributed by atoms with E-state index in [0.717, 1.165) is 4.90 Å². The van der Waals surface area contributed by atoms with Crippen LogP contribution in [-0.4, -0.2) is 39.7 Å². The van der Waals surface area contributed by atoms with Crippen LogP contribution in [0.3, 0.4) is 0 Å². The molecule has 0 bridgehead atoms. The molecule has 1 aromatic rings. The lowest BCUT2D eigenvalue weighted by molar-refractivity contribution is 0.0645. The normalized spacial score (nSPS) is 14.9. The Morgan fingerprint density at radius 1 is 1.11 bits per heavy atom. The van der Waals surface area contributed by atoms with Crippen LogP contribution in [-0.2, 0) is 9.09 Å². The zero-order valence-electron chi connectivity index (χ0n) is 9.85. The summed E-state index contributed by atoms with van der Waals surface area (Å²) in [5.41, 5.74) is 0.701. The van der Waals surface area contributed by atoms with Crippen LogP contribution in [0.5, 0.6) is 0 Å². The molecule has 19 heavy (non-hydrogen) atoms. The molecule has 0 spiro atoms. The molecule has 1 aromatic carbocycles. The second-order valence-electron chi connectivity index (χ2n) is 3.98. The Morgan fingerprint density at radius 2 is 1.63 bits per heavy atom. The third-order valence-electron chi connectivity index (χ3n) is 2.66. The van der Waals surface area contributed by atoms with Gasteiger partial charge in [0.05, 0.1) is 17.7 Å². The van der Waals surface area contributed by atoms with Crippen molar-refractivity contribution >= 4 is 19.6 Å². The first-order valence-corrected chi connectivity index (χ1v) is 7.08. The molecule has 1 aliphatic heterocycles. The summed E-state index contributed by atoms with van der Waals surface area (Å²) >= 11 is 0. The smallest absolute Gasteiger partial charge is 0.303 e. The fourth-order valence-corrected chi connectivity index (χ4v) is 2.22. The van der Waals surface area contributed by atoms with Crippen LogP contribution in [0.15, 0.2) is 24.3 Å². The molecular formula is C11H12NO6P. The van der Waals surface area contributed by atoms with Gasteiger partial charge in [0, 0.05) is 6.54 Å². The molecule has 102 valence electrons. The molecule has 0 atom stereocenters. The van der Waals surface area contributed by atoms with E-state index in [9.17, 15) is 14.2 Å². The van der Waals surface area contributed by atoms with Crippen LogP contribution in [0.4, 0.5) is 0 Å². The molecule has 0 saturated carbocycles. The number of imide groups is 1. The molecule has 2 amide bonds. The average Bonchev–Trinajstić information content (AvgIpc) is 2.58. The summed E-state index contributed by atoms with van der Waals surface area (Å²) in [6, 6.07) is 6.48. The molecule has 2 N–H and O–H groups in total. The van der Waals surface area contributed by atoms with Crippen molar-refractivity contribution in [2.45, 2.75) is 6.42 Å². The van der Waals surface area contributed by atoms with Gasteiger partial charge in [0.2, 0.25) is 0 Å². The maximum atomic E-state index is 11.9. The van der Waals surface area contributed by atoms with E-state index in [-0.39, 0.29) is 19.6 Å². The number of benzene rings is 1. The molecule has 1 heterocycles. The maximum Gasteiger partial charge on any atom is 0.469 e. The van der Waals surface area contributed by atoms with Gasteiger partial charge >= 0.3 is 7.82 Å². The first-order chi connectivity index (χ1) is 8.90. The van der Waals surface area contributed by atoms with Crippen molar-refractivity contribution in [3.8, 4) is 0 Å². The zero-order valence-corrected chi connectivity index (χ0v) is 10.7. The highest BCUT2D eigenvalue weighted by atomic mass is 31.2. The molecule has 1 aliphatic rings. The van der Waals surface area contributed by atoms with Crippen molar-refractivity contribution in [3.63, 3.8) is 0 Å². The second-order valence-corrected chi connectivity index (χ2v) is 5.22. The number of rotatable bonds is 5. The van der Waals surface area contributed by atoms with Gasteiger partial charge in [-0.05, 0) is 18.6 Å². The molecule has 0 fully saturated rings. The van der Waals surface area contributed by atoms with E-state index >= 15 is 0 Å². The predicted molar refractivity (Wildman–Crippen MR) is 64.4 cm³/mol. The Balaban J connectivity index is 1.95. The number of hydrogen-bond donors (Lipinski definition) is 2. The van der Waals surface area contributed by atoms with Gasteiger partial charge in [-0.3, -0.25) is 19.0 Å². The van der Waals surface area contributed by atoms with E-state index in [1.54, 1.807) is 24.3 Å². The molecule has 7 nitrogen and oxygen atoms in total. The third kappa shape index (κ3) is 3.08. The van der Waals surface area contributed by atoms with Crippen molar-refractivity contribution < 1.29 is 28.5 Å². The van der Waals surface area contributed by atoms with Gasteiger partial charge in [-0.2, -0.15) is 0 Å². The highest BCUT2D eigenvalue weighted by Gasteiger charge is 2.34. The highest BCUT2D eigenvalue weighted by Crippen LogP contribution is 2.35. The first kappa shape index (κ1) is 13.9. The summed E-state index contributed by atoms with van der Waals surface area (Å²) in [6.07, 6.45) is 0.163. The SMILES string of the molecule is O=C1c2ccccc2C(=O)N1CCCOP(=O)(O)O. The standard InChI is InChI=1S/C11H12NO6P/c13-10-8-4-1-2-5-9(8)11(14)12(10)6-3-7-18-19(15,16)17/h1-2,4-5H,3,6-7H2,(H2,15,16,17). The van der Waals surface area contributed by atoms with E-state index in [1.165, 1.54) is 0 Å². The number of phosphoric ester groups is 1. The summed E-state index contributed by atoms with van der Waals surface area (Å²) in [5.74, 6) is -0.784.